The van der Waals surface area contributed by atoms with Crippen LogP contribution in [0.4, 0.5) is 0 Å². The zero-order chi connectivity index (χ0) is 8.43. The predicted octanol–water partition coefficient (Wildman–Crippen LogP) is -2.15. The Morgan fingerprint density at radius 3 is 2.64 bits per heavy atom. The monoisotopic (exact) mass is 161 g/mol. The summed E-state index contributed by atoms with van der Waals surface area (Å²) in [4.78, 5) is 10.8. The van der Waals surface area contributed by atoms with Crippen molar-refractivity contribution in [3.05, 3.63) is 0 Å². The van der Waals surface area contributed by atoms with Gasteiger partial charge in [-0.05, 0) is 0 Å². The smallest absolute Gasteiger partial charge is 0.325 e. The van der Waals surface area contributed by atoms with E-state index in [2.05, 4.69) is 10.1 Å². The first-order valence-corrected chi connectivity index (χ1v) is 3.34. The Kier molecular flexibility index (Phi) is 2.43. The second-order valence-electron chi connectivity index (χ2n) is 2.47. The lowest BCUT2D eigenvalue weighted by molar-refractivity contribution is -0.145. The molecule has 64 valence electrons. The van der Waals surface area contributed by atoms with E-state index in [1.165, 1.54) is 7.11 Å². The Morgan fingerprint density at radius 1 is 1.64 bits per heavy atom. The van der Waals surface area contributed by atoms with Crippen molar-refractivity contribution < 1.29 is 19.7 Å². The van der Waals surface area contributed by atoms with E-state index in [1.807, 2.05) is 0 Å². The molecule has 5 nitrogen and oxygen atoms in total. The molecule has 1 aliphatic rings. The van der Waals surface area contributed by atoms with Gasteiger partial charge in [0.2, 0.25) is 0 Å². The number of aliphatic hydroxyl groups is 2. The highest BCUT2D eigenvalue weighted by Crippen LogP contribution is 2.08. The van der Waals surface area contributed by atoms with Crippen LogP contribution in [0.1, 0.15) is 0 Å². The molecule has 0 amide bonds. The number of esters is 1. The van der Waals surface area contributed by atoms with Gasteiger partial charge in [0.05, 0.1) is 13.2 Å². The number of carbonyl (C=O) groups is 1. The lowest BCUT2D eigenvalue weighted by Crippen LogP contribution is -2.40. The number of nitrogens with one attached hydrogen (secondary N) is 1. The van der Waals surface area contributed by atoms with Crippen molar-refractivity contribution in [1.82, 2.24) is 5.32 Å². The average molecular weight is 161 g/mol. The molecule has 1 heterocycles. The van der Waals surface area contributed by atoms with E-state index >= 15 is 0 Å². The highest BCUT2D eigenvalue weighted by molar-refractivity contribution is 5.77. The van der Waals surface area contributed by atoms with Crippen LogP contribution < -0.4 is 5.32 Å². The molecule has 0 aromatic rings. The summed E-state index contributed by atoms with van der Waals surface area (Å²) in [5.74, 6) is -0.547. The summed E-state index contributed by atoms with van der Waals surface area (Å²) < 4.78 is 4.38. The molecule has 3 N–H and O–H groups in total. The maximum atomic E-state index is 10.8. The standard InChI is InChI=1S/C6H11NO4/c1-11-6(10)4-5(9)3(8)2-7-4/h3-5,7-9H,2H2,1H3. The highest BCUT2D eigenvalue weighted by Gasteiger charge is 2.38. The minimum atomic E-state index is -1.05. The molecule has 0 aliphatic carbocycles. The summed E-state index contributed by atoms with van der Waals surface area (Å²) in [6.07, 6.45) is -1.93. The van der Waals surface area contributed by atoms with Gasteiger partial charge in [0.25, 0.3) is 0 Å². The van der Waals surface area contributed by atoms with E-state index in [-0.39, 0.29) is 6.54 Å². The molecular weight excluding hydrogens is 150 g/mol. The van der Waals surface area contributed by atoms with Crippen LogP contribution in [0.15, 0.2) is 0 Å². The van der Waals surface area contributed by atoms with E-state index in [0.717, 1.165) is 0 Å². The third-order valence-electron chi connectivity index (χ3n) is 1.74. The van der Waals surface area contributed by atoms with E-state index in [0.29, 0.717) is 0 Å². The van der Waals surface area contributed by atoms with Crippen LogP contribution in [0, 0.1) is 0 Å². The third kappa shape index (κ3) is 1.50. The van der Waals surface area contributed by atoms with Gasteiger partial charge in [-0.3, -0.25) is 10.1 Å². The van der Waals surface area contributed by atoms with Gasteiger partial charge in [0.15, 0.2) is 0 Å². The Morgan fingerprint density at radius 2 is 2.27 bits per heavy atom. The SMILES string of the molecule is COC(=O)C1NCC(O)C1O. The molecule has 11 heavy (non-hydrogen) atoms. The number of hydrogen-bond donors (Lipinski definition) is 3. The minimum absolute atomic E-state index is 0.223. The molecule has 3 atom stereocenters. The minimum Gasteiger partial charge on any atom is -0.468 e. The Labute approximate surface area is 64.0 Å². The molecule has 0 radical (unpaired) electrons. The second-order valence-corrected chi connectivity index (χ2v) is 2.47. The number of ether oxygens (including phenoxy) is 1. The number of aliphatic hydroxyl groups excluding tert-OH is 2. The van der Waals surface area contributed by atoms with Crippen LogP contribution in [-0.2, 0) is 9.53 Å². The first-order valence-electron chi connectivity index (χ1n) is 3.34. The molecule has 0 saturated carbocycles. The first kappa shape index (κ1) is 8.45. The Bertz CT molecular complexity index is 161. The zero-order valence-electron chi connectivity index (χ0n) is 6.15. The van der Waals surface area contributed by atoms with E-state index in [1.54, 1.807) is 0 Å². The topological polar surface area (TPSA) is 78.8 Å². The molecule has 1 fully saturated rings. The molecule has 1 rings (SSSR count). The number of rotatable bonds is 1. The molecule has 0 bridgehead atoms. The van der Waals surface area contributed by atoms with Crippen molar-refractivity contribution in [3.8, 4) is 0 Å². The quantitative estimate of drug-likeness (QED) is 0.382. The van der Waals surface area contributed by atoms with Gasteiger partial charge in [0, 0.05) is 6.54 Å². The highest BCUT2D eigenvalue weighted by atomic mass is 16.5. The van der Waals surface area contributed by atoms with Gasteiger partial charge >= 0.3 is 5.97 Å². The van der Waals surface area contributed by atoms with Crippen LogP contribution in [0.5, 0.6) is 0 Å². The molecule has 0 spiro atoms. The molecular formula is C6H11NO4. The molecule has 1 aliphatic heterocycles. The van der Waals surface area contributed by atoms with Crippen LogP contribution >= 0.6 is 0 Å². The lowest BCUT2D eigenvalue weighted by atomic mass is 10.1. The molecule has 3 unspecified atom stereocenters. The summed E-state index contributed by atoms with van der Waals surface area (Å²) >= 11 is 0. The van der Waals surface area contributed by atoms with Gasteiger partial charge in [0.1, 0.15) is 12.1 Å². The fraction of sp³-hybridized carbons (Fsp3) is 0.833. The van der Waals surface area contributed by atoms with Crippen molar-refractivity contribution in [2.24, 2.45) is 0 Å². The molecule has 5 heteroatoms. The van der Waals surface area contributed by atoms with E-state index in [4.69, 9.17) is 10.2 Å². The van der Waals surface area contributed by atoms with Crippen molar-refractivity contribution in [2.45, 2.75) is 18.2 Å². The van der Waals surface area contributed by atoms with Crippen LogP contribution in [0.3, 0.4) is 0 Å². The predicted molar refractivity (Wildman–Crippen MR) is 35.8 cm³/mol. The third-order valence-corrected chi connectivity index (χ3v) is 1.74. The van der Waals surface area contributed by atoms with Gasteiger partial charge in [-0.15, -0.1) is 0 Å². The fourth-order valence-corrected chi connectivity index (χ4v) is 1.06. The normalized spacial score (nSPS) is 37.2. The van der Waals surface area contributed by atoms with Gasteiger partial charge < -0.3 is 14.9 Å². The molecule has 0 aromatic heterocycles. The lowest BCUT2D eigenvalue weighted by Gasteiger charge is -2.12. The molecule has 0 aromatic carbocycles. The fourth-order valence-electron chi connectivity index (χ4n) is 1.06. The Hall–Kier alpha value is -0.650. The van der Waals surface area contributed by atoms with Crippen LogP contribution in [-0.4, -0.2) is 48.1 Å². The number of methoxy groups -OCH3 is 1. The zero-order valence-corrected chi connectivity index (χ0v) is 6.15. The summed E-state index contributed by atoms with van der Waals surface area (Å²) in [6, 6.07) is -0.782. The van der Waals surface area contributed by atoms with Crippen molar-refractivity contribution in [3.63, 3.8) is 0 Å². The van der Waals surface area contributed by atoms with Crippen LogP contribution in [0.25, 0.3) is 0 Å². The molecule has 1 saturated heterocycles. The van der Waals surface area contributed by atoms with E-state index < -0.39 is 24.2 Å². The summed E-state index contributed by atoms with van der Waals surface area (Å²) in [5.41, 5.74) is 0. The summed E-state index contributed by atoms with van der Waals surface area (Å²) in [5, 5.41) is 20.8. The maximum absolute atomic E-state index is 10.8. The van der Waals surface area contributed by atoms with Crippen LogP contribution in [0.2, 0.25) is 0 Å². The number of β-amino-alcohol motifs (C(OH)–C–C–N with tert-alkyl or cyclic N) is 1. The van der Waals surface area contributed by atoms with Crippen molar-refractivity contribution >= 4 is 5.97 Å². The average Bonchev–Trinajstić information content (AvgIpc) is 2.32. The van der Waals surface area contributed by atoms with E-state index in [9.17, 15) is 4.79 Å². The Balaban J connectivity index is 2.54. The van der Waals surface area contributed by atoms with Crippen molar-refractivity contribution in [1.29, 1.82) is 0 Å². The first-order chi connectivity index (χ1) is 5.16. The summed E-state index contributed by atoms with van der Waals surface area (Å²) in [7, 11) is 1.24. The van der Waals surface area contributed by atoms with Crippen molar-refractivity contribution in [2.75, 3.05) is 13.7 Å². The summed E-state index contributed by atoms with van der Waals surface area (Å²) in [6.45, 7) is 0.223. The van der Waals surface area contributed by atoms with Gasteiger partial charge in [-0.1, -0.05) is 0 Å². The second kappa shape index (κ2) is 3.17. The largest absolute Gasteiger partial charge is 0.468 e. The maximum Gasteiger partial charge on any atom is 0.325 e. The number of carbonyl (C=O) groups excluding carboxylic acids is 1. The van der Waals surface area contributed by atoms with Gasteiger partial charge in [-0.2, -0.15) is 0 Å². The van der Waals surface area contributed by atoms with Gasteiger partial charge in [-0.25, -0.2) is 0 Å². The number of hydrogen-bond acceptors (Lipinski definition) is 5.